The fraction of sp³-hybridized carbons (Fsp3) is 0. The lowest BCUT2D eigenvalue weighted by Gasteiger charge is -2.16. The van der Waals surface area contributed by atoms with Crippen molar-refractivity contribution in [2.45, 2.75) is 4.90 Å². The van der Waals surface area contributed by atoms with E-state index in [-0.39, 0.29) is 0 Å². The highest BCUT2D eigenvalue weighted by Gasteiger charge is 2.14. The Bertz CT molecular complexity index is 1190. The van der Waals surface area contributed by atoms with Crippen molar-refractivity contribution in [2.75, 3.05) is 0 Å². The Labute approximate surface area is 135 Å². The van der Waals surface area contributed by atoms with Crippen LogP contribution in [0.2, 0.25) is 0 Å². The van der Waals surface area contributed by atoms with Crippen LogP contribution in [0.5, 0.6) is 0 Å². The summed E-state index contributed by atoms with van der Waals surface area (Å²) >= 11 is -2.24. The predicted molar refractivity (Wildman–Crippen MR) is 94.8 cm³/mol. The summed E-state index contributed by atoms with van der Waals surface area (Å²) in [4.78, 5) is 0.358. The van der Waals surface area contributed by atoms with Gasteiger partial charge in [0.05, 0.1) is 0 Å². The smallest absolute Gasteiger partial charge is 0.0327 e. The molecule has 23 heavy (non-hydrogen) atoms. The molecule has 2 nitrogen and oxygen atoms in total. The minimum absolute atomic E-state index is 0.358. The van der Waals surface area contributed by atoms with E-state index in [0.717, 1.165) is 21.5 Å². The van der Waals surface area contributed by atoms with Crippen molar-refractivity contribution in [3.63, 3.8) is 0 Å². The molecule has 110 valence electrons. The van der Waals surface area contributed by atoms with Crippen molar-refractivity contribution in [3.05, 3.63) is 66.7 Å². The third-order valence-corrected chi connectivity index (χ3v) is 5.38. The Kier molecular flexibility index (Phi) is 2.55. The van der Waals surface area contributed by atoms with Gasteiger partial charge < -0.3 is 4.55 Å². The molecular formula is C20H11O2S-. The van der Waals surface area contributed by atoms with Crippen LogP contribution in [0.4, 0.5) is 0 Å². The summed E-state index contributed by atoms with van der Waals surface area (Å²) in [7, 11) is 0. The molecule has 0 aromatic heterocycles. The molecule has 0 fully saturated rings. The third-order valence-electron chi connectivity index (χ3n) is 4.67. The molecule has 0 aliphatic heterocycles. The number of rotatable bonds is 1. The van der Waals surface area contributed by atoms with Crippen molar-refractivity contribution < 1.29 is 8.76 Å². The largest absolute Gasteiger partial charge is 0.768 e. The van der Waals surface area contributed by atoms with E-state index in [1.807, 2.05) is 18.2 Å². The second-order valence-electron chi connectivity index (χ2n) is 5.78. The van der Waals surface area contributed by atoms with Gasteiger partial charge in [0.1, 0.15) is 0 Å². The van der Waals surface area contributed by atoms with Gasteiger partial charge in [-0.05, 0) is 60.2 Å². The lowest BCUT2D eigenvalue weighted by Crippen LogP contribution is -1.93. The molecular weight excluding hydrogens is 304 g/mol. The van der Waals surface area contributed by atoms with Crippen LogP contribution >= 0.6 is 0 Å². The van der Waals surface area contributed by atoms with Gasteiger partial charge in [0.2, 0.25) is 0 Å². The zero-order valence-electron chi connectivity index (χ0n) is 12.1. The second kappa shape index (κ2) is 4.51. The van der Waals surface area contributed by atoms with E-state index in [1.165, 1.54) is 21.5 Å². The van der Waals surface area contributed by atoms with Crippen molar-refractivity contribution in [1.29, 1.82) is 0 Å². The van der Waals surface area contributed by atoms with Gasteiger partial charge in [-0.1, -0.05) is 60.7 Å². The molecule has 5 aromatic carbocycles. The fourth-order valence-corrected chi connectivity index (χ4v) is 4.29. The molecule has 0 heterocycles. The van der Waals surface area contributed by atoms with Gasteiger partial charge in [-0.2, -0.15) is 0 Å². The van der Waals surface area contributed by atoms with Crippen LogP contribution in [-0.4, -0.2) is 8.76 Å². The lowest BCUT2D eigenvalue weighted by atomic mass is 9.90. The molecule has 0 spiro atoms. The predicted octanol–water partition coefficient (Wildman–Crippen LogP) is 4.98. The highest BCUT2D eigenvalue weighted by molar-refractivity contribution is 7.79. The minimum Gasteiger partial charge on any atom is -0.768 e. The van der Waals surface area contributed by atoms with E-state index in [2.05, 4.69) is 42.5 Å². The number of hydrogen-bond donors (Lipinski definition) is 0. The summed E-state index contributed by atoms with van der Waals surface area (Å²) < 4.78 is 23.2. The van der Waals surface area contributed by atoms with E-state index in [0.29, 0.717) is 4.90 Å². The highest BCUT2D eigenvalue weighted by Crippen LogP contribution is 2.41. The van der Waals surface area contributed by atoms with E-state index in [9.17, 15) is 8.76 Å². The van der Waals surface area contributed by atoms with Gasteiger partial charge in [0, 0.05) is 4.90 Å². The molecule has 0 bridgehead atoms. The molecule has 0 amide bonds. The molecule has 0 radical (unpaired) electrons. The zero-order chi connectivity index (χ0) is 15.6. The Morgan fingerprint density at radius 2 is 1.13 bits per heavy atom. The first-order valence-corrected chi connectivity index (χ1v) is 8.51. The van der Waals surface area contributed by atoms with Gasteiger partial charge in [-0.25, -0.2) is 0 Å². The molecule has 0 saturated carbocycles. The van der Waals surface area contributed by atoms with Crippen molar-refractivity contribution in [2.24, 2.45) is 0 Å². The number of fused-ring (bicyclic) bond motifs is 2. The van der Waals surface area contributed by atoms with Crippen LogP contribution in [0.3, 0.4) is 0 Å². The molecule has 0 aliphatic rings. The SMILES string of the molecule is O=S([O-])c1ccc2c3cccc4cccc(c5cccc1c52)c43. The van der Waals surface area contributed by atoms with Crippen molar-refractivity contribution in [1.82, 2.24) is 0 Å². The van der Waals surface area contributed by atoms with E-state index < -0.39 is 11.1 Å². The summed E-state index contributed by atoms with van der Waals surface area (Å²) in [5.74, 6) is 0. The Balaban J connectivity index is 2.21. The zero-order valence-corrected chi connectivity index (χ0v) is 12.9. The van der Waals surface area contributed by atoms with Gasteiger partial charge in [0.15, 0.2) is 0 Å². The quantitative estimate of drug-likeness (QED) is 0.249. The maximum absolute atomic E-state index is 11.6. The second-order valence-corrected chi connectivity index (χ2v) is 6.69. The Morgan fingerprint density at radius 1 is 0.609 bits per heavy atom. The first kappa shape index (κ1) is 13.0. The van der Waals surface area contributed by atoms with E-state index >= 15 is 0 Å². The Morgan fingerprint density at radius 3 is 1.78 bits per heavy atom. The van der Waals surface area contributed by atoms with Gasteiger partial charge >= 0.3 is 0 Å². The number of hydrogen-bond acceptors (Lipinski definition) is 2. The van der Waals surface area contributed by atoms with Gasteiger partial charge in [-0.3, -0.25) is 4.21 Å². The molecule has 1 unspecified atom stereocenters. The molecule has 1 atom stereocenters. The first-order chi connectivity index (χ1) is 11.3. The van der Waals surface area contributed by atoms with E-state index in [4.69, 9.17) is 0 Å². The topological polar surface area (TPSA) is 40.1 Å². The molecule has 3 heteroatoms. The minimum atomic E-state index is -2.24. The van der Waals surface area contributed by atoms with Gasteiger partial charge in [-0.15, -0.1) is 0 Å². The van der Waals surface area contributed by atoms with Crippen LogP contribution < -0.4 is 0 Å². The average molecular weight is 315 g/mol. The standard InChI is InChI=1S/C20H12O2S/c21-23(22)18-11-10-16-14-7-2-5-12-4-1-6-13(19(12)14)15-8-3-9-17(18)20(15)16/h1-11H,(H,21,22)/p-1. The van der Waals surface area contributed by atoms with Crippen LogP contribution in [0, 0.1) is 0 Å². The normalized spacial score (nSPS) is 13.4. The molecule has 5 aromatic rings. The average Bonchev–Trinajstić information content (AvgIpc) is 2.58. The fourth-order valence-electron chi connectivity index (χ4n) is 3.76. The van der Waals surface area contributed by atoms with Crippen LogP contribution in [0.1, 0.15) is 0 Å². The molecule has 0 N–H and O–H groups in total. The maximum Gasteiger partial charge on any atom is 0.0327 e. The monoisotopic (exact) mass is 315 g/mol. The van der Waals surface area contributed by atoms with Gasteiger partial charge in [0.25, 0.3) is 0 Å². The molecule has 0 aliphatic carbocycles. The van der Waals surface area contributed by atoms with E-state index in [1.54, 1.807) is 6.07 Å². The van der Waals surface area contributed by atoms with Crippen LogP contribution in [0.15, 0.2) is 71.6 Å². The van der Waals surface area contributed by atoms with Crippen molar-refractivity contribution >= 4 is 54.2 Å². The number of benzene rings is 5. The third kappa shape index (κ3) is 1.63. The molecule has 5 rings (SSSR count). The summed E-state index contributed by atoms with van der Waals surface area (Å²) in [6.07, 6.45) is 0. The lowest BCUT2D eigenvalue weighted by molar-refractivity contribution is 0.538. The summed E-state index contributed by atoms with van der Waals surface area (Å²) in [6.45, 7) is 0. The van der Waals surface area contributed by atoms with Crippen LogP contribution in [0.25, 0.3) is 43.1 Å². The first-order valence-electron chi connectivity index (χ1n) is 7.43. The molecule has 0 saturated heterocycles. The summed E-state index contributed by atoms with van der Waals surface area (Å²) in [5.41, 5.74) is 0. The van der Waals surface area contributed by atoms with Crippen LogP contribution in [-0.2, 0) is 11.1 Å². The van der Waals surface area contributed by atoms with Crippen molar-refractivity contribution in [3.8, 4) is 0 Å². The summed E-state index contributed by atoms with van der Waals surface area (Å²) in [6, 6.07) is 22.1. The Hall–Kier alpha value is -2.49. The summed E-state index contributed by atoms with van der Waals surface area (Å²) in [5, 5.41) is 8.82. The maximum atomic E-state index is 11.6. The highest BCUT2D eigenvalue weighted by atomic mass is 32.2.